The van der Waals surface area contributed by atoms with Crippen LogP contribution < -0.4 is 9.47 Å². The molecule has 0 spiro atoms. The summed E-state index contributed by atoms with van der Waals surface area (Å²) in [5.74, 6) is 0.611. The number of hydrogen-bond donors (Lipinski definition) is 1. The number of nitrogens with zero attached hydrogens (tertiary/aromatic N) is 1. The van der Waals surface area contributed by atoms with Crippen LogP contribution >= 0.6 is 0 Å². The molecule has 1 N–H and O–H groups in total. The van der Waals surface area contributed by atoms with Crippen LogP contribution in [0.3, 0.4) is 0 Å². The van der Waals surface area contributed by atoms with Gasteiger partial charge in [0.15, 0.2) is 0 Å². The van der Waals surface area contributed by atoms with Gasteiger partial charge in [-0.2, -0.15) is 0 Å². The van der Waals surface area contributed by atoms with Crippen molar-refractivity contribution < 1.29 is 19.4 Å². The summed E-state index contributed by atoms with van der Waals surface area (Å²) < 4.78 is 10.9. The van der Waals surface area contributed by atoms with Gasteiger partial charge in [-0.3, -0.25) is 0 Å². The molecule has 19 heavy (non-hydrogen) atoms. The summed E-state index contributed by atoms with van der Waals surface area (Å²) in [5, 5.41) is 8.76. The predicted molar refractivity (Wildman–Crippen MR) is 68.9 cm³/mol. The Bertz CT molecular complexity index is 566. The van der Waals surface area contributed by atoms with E-state index in [1.807, 2.05) is 19.1 Å². The average molecular weight is 259 g/mol. The maximum atomic E-state index is 10.7. The lowest BCUT2D eigenvalue weighted by molar-refractivity contribution is 0.0696. The highest BCUT2D eigenvalue weighted by Crippen LogP contribution is 2.24. The molecule has 2 aromatic rings. The second-order valence-corrected chi connectivity index (χ2v) is 3.70. The third-order valence-electron chi connectivity index (χ3n) is 2.32. The molecule has 98 valence electrons. The number of rotatable bonds is 5. The molecule has 5 nitrogen and oxygen atoms in total. The Labute approximate surface area is 110 Å². The van der Waals surface area contributed by atoms with E-state index in [0.717, 1.165) is 0 Å². The van der Waals surface area contributed by atoms with Crippen molar-refractivity contribution in [1.29, 1.82) is 0 Å². The second-order valence-electron chi connectivity index (χ2n) is 3.70. The molecule has 1 aromatic heterocycles. The molecule has 0 saturated carbocycles. The number of benzene rings is 1. The van der Waals surface area contributed by atoms with Crippen LogP contribution in [0.1, 0.15) is 17.3 Å². The van der Waals surface area contributed by atoms with Gasteiger partial charge >= 0.3 is 5.97 Å². The van der Waals surface area contributed by atoms with Gasteiger partial charge < -0.3 is 14.6 Å². The van der Waals surface area contributed by atoms with Gasteiger partial charge in [-0.1, -0.05) is 6.07 Å². The summed E-state index contributed by atoms with van der Waals surface area (Å²) in [7, 11) is 0. The number of carboxylic acids is 1. The molecule has 0 bridgehead atoms. The highest BCUT2D eigenvalue weighted by atomic mass is 16.5. The smallest absolute Gasteiger partial charge is 0.337 e. The van der Waals surface area contributed by atoms with Crippen LogP contribution in [-0.2, 0) is 0 Å². The second kappa shape index (κ2) is 5.86. The van der Waals surface area contributed by atoms with Gasteiger partial charge in [-0.25, -0.2) is 9.78 Å². The lowest BCUT2D eigenvalue weighted by Crippen LogP contribution is -1.97. The zero-order valence-corrected chi connectivity index (χ0v) is 10.4. The van der Waals surface area contributed by atoms with Crippen molar-refractivity contribution in [3.8, 4) is 17.4 Å². The molecule has 0 aliphatic rings. The Kier molecular flexibility index (Phi) is 3.97. The maximum Gasteiger partial charge on any atom is 0.337 e. The van der Waals surface area contributed by atoms with E-state index in [-0.39, 0.29) is 5.56 Å². The molecular weight excluding hydrogens is 246 g/mol. The van der Waals surface area contributed by atoms with Crippen molar-refractivity contribution in [2.24, 2.45) is 0 Å². The fraction of sp³-hybridized carbons (Fsp3) is 0.143. The fourth-order valence-corrected chi connectivity index (χ4v) is 1.48. The van der Waals surface area contributed by atoms with Crippen molar-refractivity contribution in [3.63, 3.8) is 0 Å². The molecule has 0 aliphatic carbocycles. The summed E-state index contributed by atoms with van der Waals surface area (Å²) in [6.45, 7) is 2.48. The van der Waals surface area contributed by atoms with Crippen molar-refractivity contribution >= 4 is 5.97 Å². The van der Waals surface area contributed by atoms with E-state index in [1.165, 1.54) is 18.3 Å². The summed E-state index contributed by atoms with van der Waals surface area (Å²) in [4.78, 5) is 14.6. The first-order chi connectivity index (χ1) is 9.19. The normalized spacial score (nSPS) is 9.95. The van der Waals surface area contributed by atoms with Gasteiger partial charge in [0, 0.05) is 18.3 Å². The van der Waals surface area contributed by atoms with E-state index < -0.39 is 5.97 Å². The van der Waals surface area contributed by atoms with E-state index >= 15 is 0 Å². The third-order valence-corrected chi connectivity index (χ3v) is 2.32. The number of hydrogen-bond acceptors (Lipinski definition) is 4. The van der Waals surface area contributed by atoms with Gasteiger partial charge in [0.05, 0.1) is 12.2 Å². The molecule has 0 atom stereocenters. The summed E-state index contributed by atoms with van der Waals surface area (Å²) in [5.41, 5.74) is 0.121. The molecule has 1 heterocycles. The lowest BCUT2D eigenvalue weighted by atomic mass is 10.3. The highest BCUT2D eigenvalue weighted by molar-refractivity contribution is 5.87. The van der Waals surface area contributed by atoms with Crippen LogP contribution in [-0.4, -0.2) is 22.7 Å². The number of ether oxygens (including phenoxy) is 2. The van der Waals surface area contributed by atoms with Crippen molar-refractivity contribution in [3.05, 3.63) is 48.2 Å². The minimum Gasteiger partial charge on any atom is -0.494 e. The minimum atomic E-state index is -1.02. The molecule has 0 fully saturated rings. The Hall–Kier alpha value is -2.56. The average Bonchev–Trinajstić information content (AvgIpc) is 2.40. The first-order valence-electron chi connectivity index (χ1n) is 5.79. The zero-order valence-electron chi connectivity index (χ0n) is 10.4. The zero-order chi connectivity index (χ0) is 13.7. The van der Waals surface area contributed by atoms with Crippen molar-refractivity contribution in [2.45, 2.75) is 6.92 Å². The molecule has 1 aromatic carbocycles. The molecule has 0 aliphatic heterocycles. The summed E-state index contributed by atoms with van der Waals surface area (Å²) in [6, 6.07) is 10.1. The van der Waals surface area contributed by atoms with Crippen LogP contribution in [0, 0.1) is 0 Å². The number of carboxylic acid groups (broad SMARTS) is 1. The largest absolute Gasteiger partial charge is 0.494 e. The van der Waals surface area contributed by atoms with Crippen LogP contribution in [0.4, 0.5) is 0 Å². The Balaban J connectivity index is 2.12. The molecule has 0 unspecified atom stereocenters. The molecular formula is C14H13NO4. The molecule has 0 saturated heterocycles. The van der Waals surface area contributed by atoms with Gasteiger partial charge in [0.25, 0.3) is 0 Å². The number of aromatic carboxylic acids is 1. The van der Waals surface area contributed by atoms with Crippen LogP contribution in [0.5, 0.6) is 17.4 Å². The molecule has 2 rings (SSSR count). The number of pyridine rings is 1. The molecule has 0 radical (unpaired) electrons. The fourth-order valence-electron chi connectivity index (χ4n) is 1.48. The van der Waals surface area contributed by atoms with Gasteiger partial charge in [0.2, 0.25) is 5.88 Å². The highest BCUT2D eigenvalue weighted by Gasteiger charge is 2.04. The first kappa shape index (κ1) is 12.9. The number of aromatic nitrogens is 1. The third kappa shape index (κ3) is 3.45. The molecule has 0 amide bonds. The van der Waals surface area contributed by atoms with E-state index in [1.54, 1.807) is 12.1 Å². The van der Waals surface area contributed by atoms with Gasteiger partial charge in [-0.15, -0.1) is 0 Å². The van der Waals surface area contributed by atoms with E-state index in [0.29, 0.717) is 24.0 Å². The van der Waals surface area contributed by atoms with E-state index in [9.17, 15) is 4.79 Å². The SMILES string of the molecule is CCOc1cccc(Oc2ccc(C(=O)O)cn2)c1. The Morgan fingerprint density at radius 1 is 1.26 bits per heavy atom. The Morgan fingerprint density at radius 2 is 2.05 bits per heavy atom. The van der Waals surface area contributed by atoms with Crippen LogP contribution in [0.15, 0.2) is 42.6 Å². The Morgan fingerprint density at radius 3 is 2.68 bits per heavy atom. The van der Waals surface area contributed by atoms with E-state index in [2.05, 4.69) is 4.98 Å². The van der Waals surface area contributed by atoms with Gasteiger partial charge in [0.1, 0.15) is 11.5 Å². The predicted octanol–water partition coefficient (Wildman–Crippen LogP) is 2.97. The van der Waals surface area contributed by atoms with Crippen molar-refractivity contribution in [2.75, 3.05) is 6.61 Å². The maximum absolute atomic E-state index is 10.7. The minimum absolute atomic E-state index is 0.121. The summed E-state index contributed by atoms with van der Waals surface area (Å²) in [6.07, 6.45) is 1.25. The van der Waals surface area contributed by atoms with Crippen LogP contribution in [0.2, 0.25) is 0 Å². The van der Waals surface area contributed by atoms with Crippen molar-refractivity contribution in [1.82, 2.24) is 4.98 Å². The topological polar surface area (TPSA) is 68.7 Å². The van der Waals surface area contributed by atoms with Crippen LogP contribution in [0.25, 0.3) is 0 Å². The quantitative estimate of drug-likeness (QED) is 0.893. The van der Waals surface area contributed by atoms with Gasteiger partial charge in [-0.05, 0) is 25.1 Å². The number of carbonyl (C=O) groups is 1. The summed E-state index contributed by atoms with van der Waals surface area (Å²) >= 11 is 0. The van der Waals surface area contributed by atoms with E-state index in [4.69, 9.17) is 14.6 Å². The monoisotopic (exact) mass is 259 g/mol. The standard InChI is InChI=1S/C14H13NO4/c1-2-18-11-4-3-5-12(8-11)19-13-7-6-10(9-15-13)14(16)17/h3-9H,2H2,1H3,(H,16,17). The first-order valence-corrected chi connectivity index (χ1v) is 5.79. The lowest BCUT2D eigenvalue weighted by Gasteiger charge is -2.07. The molecule has 5 heteroatoms.